The van der Waals surface area contributed by atoms with Crippen molar-refractivity contribution in [3.05, 3.63) is 26.9 Å². The summed E-state index contributed by atoms with van der Waals surface area (Å²) in [6.07, 6.45) is 1.98. The number of rotatable bonds is 1. The fourth-order valence-electron chi connectivity index (χ4n) is 1.94. The summed E-state index contributed by atoms with van der Waals surface area (Å²) in [5.74, 6) is 0.572. The normalized spacial score (nSPS) is 21.1. The molecule has 2 rings (SSSR count). The van der Waals surface area contributed by atoms with E-state index in [4.69, 9.17) is 5.73 Å². The Labute approximate surface area is 92.7 Å². The molecule has 1 atom stereocenters. The van der Waals surface area contributed by atoms with Crippen LogP contribution in [0.3, 0.4) is 0 Å². The quantitative estimate of drug-likeness (QED) is 0.641. The first-order valence-corrected chi connectivity index (χ1v) is 5.39. The van der Waals surface area contributed by atoms with E-state index >= 15 is 0 Å². The van der Waals surface area contributed by atoms with Crippen LogP contribution < -0.4 is 21.9 Å². The fourth-order valence-corrected chi connectivity index (χ4v) is 1.94. The van der Waals surface area contributed by atoms with Crippen LogP contribution >= 0.6 is 0 Å². The number of nitrogens with one attached hydrogen (secondary N) is 1. The first kappa shape index (κ1) is 10.9. The Kier molecular flexibility index (Phi) is 2.82. The second-order valence-corrected chi connectivity index (χ2v) is 4.21. The van der Waals surface area contributed by atoms with Gasteiger partial charge in [-0.1, -0.05) is 0 Å². The number of aromatic nitrogens is 2. The van der Waals surface area contributed by atoms with Gasteiger partial charge < -0.3 is 10.6 Å². The van der Waals surface area contributed by atoms with E-state index in [1.807, 2.05) is 4.90 Å². The van der Waals surface area contributed by atoms with Gasteiger partial charge in [0.2, 0.25) is 0 Å². The highest BCUT2D eigenvalue weighted by Crippen LogP contribution is 2.13. The number of nitrogens with zero attached hydrogens (tertiary/aromatic N) is 2. The van der Waals surface area contributed by atoms with Gasteiger partial charge in [0.05, 0.1) is 0 Å². The van der Waals surface area contributed by atoms with Crippen molar-refractivity contribution >= 4 is 5.82 Å². The zero-order valence-electron chi connectivity index (χ0n) is 9.27. The highest BCUT2D eigenvalue weighted by atomic mass is 16.2. The number of nitrogens with two attached hydrogens (primary N) is 1. The van der Waals surface area contributed by atoms with E-state index in [9.17, 15) is 9.59 Å². The zero-order chi connectivity index (χ0) is 11.7. The van der Waals surface area contributed by atoms with Gasteiger partial charge in [-0.05, 0) is 12.8 Å². The Morgan fingerprint density at radius 2 is 2.25 bits per heavy atom. The highest BCUT2D eigenvalue weighted by Gasteiger charge is 2.18. The maximum absolute atomic E-state index is 11.5. The topological polar surface area (TPSA) is 84.1 Å². The molecule has 16 heavy (non-hydrogen) atoms. The Bertz CT molecular complexity index is 459. The maximum Gasteiger partial charge on any atom is 0.329 e. The molecule has 2 heterocycles. The number of H-pyrrole nitrogens is 1. The molecule has 1 saturated heterocycles. The molecule has 88 valence electrons. The summed E-state index contributed by atoms with van der Waals surface area (Å²) < 4.78 is 1.05. The van der Waals surface area contributed by atoms with Crippen LogP contribution in [0.25, 0.3) is 0 Å². The molecular formula is C10H16N4O2. The lowest BCUT2D eigenvalue weighted by Crippen LogP contribution is -2.45. The molecule has 0 unspecified atom stereocenters. The van der Waals surface area contributed by atoms with Crippen molar-refractivity contribution in [2.75, 3.05) is 18.0 Å². The lowest BCUT2D eigenvalue weighted by molar-refractivity contribution is 0.501. The van der Waals surface area contributed by atoms with Crippen molar-refractivity contribution < 1.29 is 0 Å². The molecule has 0 spiro atoms. The second kappa shape index (κ2) is 4.13. The Balaban J connectivity index is 2.34. The van der Waals surface area contributed by atoms with E-state index in [0.717, 1.165) is 24.0 Å². The minimum Gasteiger partial charge on any atom is -0.356 e. The lowest BCUT2D eigenvalue weighted by Gasteiger charge is -2.31. The van der Waals surface area contributed by atoms with Gasteiger partial charge in [0.25, 0.3) is 5.56 Å². The summed E-state index contributed by atoms with van der Waals surface area (Å²) in [7, 11) is 1.45. The Morgan fingerprint density at radius 1 is 1.50 bits per heavy atom. The minimum absolute atomic E-state index is 0.112. The minimum atomic E-state index is -0.387. The molecule has 0 saturated carbocycles. The molecule has 6 nitrogen and oxygen atoms in total. The predicted octanol–water partition coefficient (Wildman–Crippen LogP) is -0.999. The molecule has 3 N–H and O–H groups in total. The molecule has 1 fully saturated rings. The lowest BCUT2D eigenvalue weighted by atomic mass is 10.1. The highest BCUT2D eigenvalue weighted by molar-refractivity contribution is 5.37. The van der Waals surface area contributed by atoms with Crippen molar-refractivity contribution in [1.82, 2.24) is 9.55 Å². The zero-order valence-corrected chi connectivity index (χ0v) is 9.27. The molecule has 1 aliphatic heterocycles. The monoisotopic (exact) mass is 224 g/mol. The first-order valence-electron chi connectivity index (χ1n) is 5.39. The van der Waals surface area contributed by atoms with E-state index in [2.05, 4.69) is 4.98 Å². The Hall–Kier alpha value is -1.56. The van der Waals surface area contributed by atoms with Crippen LogP contribution in [0.1, 0.15) is 12.8 Å². The van der Waals surface area contributed by atoms with Crippen LogP contribution in [0.4, 0.5) is 5.82 Å². The number of piperidine rings is 1. The molecule has 1 aromatic rings. The van der Waals surface area contributed by atoms with Crippen molar-refractivity contribution in [2.24, 2.45) is 12.8 Å². The molecule has 1 aromatic heterocycles. The van der Waals surface area contributed by atoms with Gasteiger partial charge in [0.1, 0.15) is 5.82 Å². The van der Waals surface area contributed by atoms with Gasteiger partial charge >= 0.3 is 5.69 Å². The van der Waals surface area contributed by atoms with E-state index in [0.29, 0.717) is 12.4 Å². The van der Waals surface area contributed by atoms with Crippen molar-refractivity contribution in [3.8, 4) is 0 Å². The van der Waals surface area contributed by atoms with Crippen LogP contribution in [-0.4, -0.2) is 28.7 Å². The van der Waals surface area contributed by atoms with Gasteiger partial charge in [-0.3, -0.25) is 14.3 Å². The largest absolute Gasteiger partial charge is 0.356 e. The van der Waals surface area contributed by atoms with E-state index in [1.54, 1.807) is 0 Å². The molecule has 6 heteroatoms. The third-order valence-corrected chi connectivity index (χ3v) is 2.93. The molecular weight excluding hydrogens is 208 g/mol. The smallest absolute Gasteiger partial charge is 0.329 e. The van der Waals surface area contributed by atoms with Crippen LogP contribution in [-0.2, 0) is 7.05 Å². The summed E-state index contributed by atoms with van der Waals surface area (Å²) in [6, 6.07) is 1.56. The Morgan fingerprint density at radius 3 is 2.88 bits per heavy atom. The van der Waals surface area contributed by atoms with Gasteiger partial charge in [-0.25, -0.2) is 4.79 Å². The van der Waals surface area contributed by atoms with Crippen molar-refractivity contribution in [2.45, 2.75) is 18.9 Å². The number of hydrogen-bond acceptors (Lipinski definition) is 4. The molecule has 0 aromatic carbocycles. The SMILES string of the molecule is Cn1c(=O)cc(N2CCC[C@@H](N)C2)[nH]c1=O. The number of aromatic amines is 1. The van der Waals surface area contributed by atoms with E-state index in [1.165, 1.54) is 13.1 Å². The van der Waals surface area contributed by atoms with Crippen molar-refractivity contribution in [3.63, 3.8) is 0 Å². The number of anilines is 1. The standard InChI is InChI=1S/C10H16N4O2/c1-13-9(15)5-8(12-10(13)16)14-4-2-3-7(11)6-14/h5,7H,2-4,6,11H2,1H3,(H,12,16)/t7-/m1/s1. The molecule has 0 amide bonds. The van der Waals surface area contributed by atoms with Gasteiger partial charge in [0, 0.05) is 32.2 Å². The average Bonchev–Trinajstić information content (AvgIpc) is 2.25. The van der Waals surface area contributed by atoms with Crippen LogP contribution in [0.5, 0.6) is 0 Å². The van der Waals surface area contributed by atoms with Crippen LogP contribution in [0, 0.1) is 0 Å². The second-order valence-electron chi connectivity index (χ2n) is 4.21. The predicted molar refractivity (Wildman–Crippen MR) is 61.7 cm³/mol. The van der Waals surface area contributed by atoms with Crippen LogP contribution in [0.15, 0.2) is 15.7 Å². The summed E-state index contributed by atoms with van der Waals surface area (Å²) in [5.41, 5.74) is 5.17. The third kappa shape index (κ3) is 2.01. The third-order valence-electron chi connectivity index (χ3n) is 2.93. The summed E-state index contributed by atoms with van der Waals surface area (Å²) in [6.45, 7) is 1.51. The summed E-state index contributed by atoms with van der Waals surface area (Å²) in [5, 5.41) is 0. The number of hydrogen-bond donors (Lipinski definition) is 2. The molecule has 0 aliphatic carbocycles. The van der Waals surface area contributed by atoms with Gasteiger partial charge in [-0.15, -0.1) is 0 Å². The van der Waals surface area contributed by atoms with Crippen molar-refractivity contribution in [1.29, 1.82) is 0 Å². The fraction of sp³-hybridized carbons (Fsp3) is 0.600. The molecule has 1 aliphatic rings. The van der Waals surface area contributed by atoms with E-state index in [-0.39, 0.29) is 17.3 Å². The molecule has 0 radical (unpaired) electrons. The van der Waals surface area contributed by atoms with Gasteiger partial charge in [0.15, 0.2) is 0 Å². The summed E-state index contributed by atoms with van der Waals surface area (Å²) in [4.78, 5) is 27.5. The molecule has 0 bridgehead atoms. The summed E-state index contributed by atoms with van der Waals surface area (Å²) >= 11 is 0. The van der Waals surface area contributed by atoms with Gasteiger partial charge in [-0.2, -0.15) is 0 Å². The maximum atomic E-state index is 11.5. The van der Waals surface area contributed by atoms with E-state index < -0.39 is 0 Å². The first-order chi connectivity index (χ1) is 7.58. The van der Waals surface area contributed by atoms with Crippen LogP contribution in [0.2, 0.25) is 0 Å². The average molecular weight is 224 g/mol.